The number of thioether (sulfide) groups is 1. The van der Waals surface area contributed by atoms with E-state index in [2.05, 4.69) is 15.3 Å². The Morgan fingerprint density at radius 3 is 2.47 bits per heavy atom. The number of aromatic amines is 1. The fourth-order valence-corrected chi connectivity index (χ4v) is 4.77. The summed E-state index contributed by atoms with van der Waals surface area (Å²) in [6, 6.07) is 10.6. The van der Waals surface area contributed by atoms with Crippen molar-refractivity contribution in [2.24, 2.45) is 0 Å². The highest BCUT2D eigenvalue weighted by molar-refractivity contribution is 7.99. The molecule has 0 saturated heterocycles. The number of carbonyl (C=O) groups is 1. The van der Waals surface area contributed by atoms with Crippen molar-refractivity contribution in [1.82, 2.24) is 9.97 Å². The van der Waals surface area contributed by atoms with Gasteiger partial charge in [-0.25, -0.2) is 13.4 Å². The highest BCUT2D eigenvalue weighted by Crippen LogP contribution is 2.36. The van der Waals surface area contributed by atoms with Crippen molar-refractivity contribution in [2.45, 2.75) is 14.9 Å². The van der Waals surface area contributed by atoms with Gasteiger partial charge in [0.15, 0.2) is 10.1 Å². The molecule has 2 N–H and O–H groups in total. The normalized spacial score (nSPS) is 11.1. The molecule has 3 rings (SSSR count). The van der Waals surface area contributed by atoms with Crippen LogP contribution in [0.25, 0.3) is 0 Å². The molecule has 0 aliphatic rings. The fraction of sp³-hybridized carbons (Fsp3) is 0.150. The molecular weight excluding hydrogens is 478 g/mol. The summed E-state index contributed by atoms with van der Waals surface area (Å²) in [7, 11) is -1.11. The highest BCUT2D eigenvalue weighted by atomic mass is 35.5. The number of methoxy groups -OCH3 is 2. The molecule has 9 nitrogen and oxygen atoms in total. The predicted molar refractivity (Wildman–Crippen MR) is 121 cm³/mol. The molecule has 0 atom stereocenters. The molecule has 0 radical (unpaired) electrons. The molecule has 1 aromatic heterocycles. The molecule has 1 heterocycles. The number of anilines is 1. The van der Waals surface area contributed by atoms with Crippen LogP contribution in [0.1, 0.15) is 0 Å². The zero-order chi connectivity index (χ0) is 23.3. The van der Waals surface area contributed by atoms with Gasteiger partial charge in [0.1, 0.15) is 11.5 Å². The monoisotopic (exact) mass is 495 g/mol. The third kappa shape index (κ3) is 5.23. The molecule has 2 aromatic carbocycles. The summed E-state index contributed by atoms with van der Waals surface area (Å²) in [6.07, 6.45) is 0.980. The number of hydrogen-bond acceptors (Lipinski definition) is 8. The number of halogens is 1. The maximum Gasteiger partial charge on any atom is 0.270 e. The average Bonchev–Trinajstić information content (AvgIpc) is 2.78. The lowest BCUT2D eigenvalue weighted by atomic mass is 10.2. The van der Waals surface area contributed by atoms with Crippen LogP contribution in [0.3, 0.4) is 0 Å². The minimum atomic E-state index is -4.01. The van der Waals surface area contributed by atoms with E-state index in [0.29, 0.717) is 17.2 Å². The third-order valence-corrected chi connectivity index (χ3v) is 7.12. The van der Waals surface area contributed by atoms with Crippen molar-refractivity contribution in [2.75, 3.05) is 25.3 Å². The lowest BCUT2D eigenvalue weighted by Crippen LogP contribution is -2.20. The van der Waals surface area contributed by atoms with E-state index in [1.165, 1.54) is 38.5 Å². The van der Waals surface area contributed by atoms with Crippen molar-refractivity contribution in [3.63, 3.8) is 0 Å². The molecule has 3 aromatic rings. The number of nitrogens with one attached hydrogen (secondary N) is 2. The van der Waals surface area contributed by atoms with Gasteiger partial charge in [0, 0.05) is 6.07 Å². The van der Waals surface area contributed by atoms with Crippen molar-refractivity contribution in [3.8, 4) is 11.5 Å². The van der Waals surface area contributed by atoms with E-state index in [9.17, 15) is 18.0 Å². The van der Waals surface area contributed by atoms with E-state index in [-0.39, 0.29) is 20.8 Å². The molecule has 0 fully saturated rings. The fourth-order valence-electron chi connectivity index (χ4n) is 2.64. The average molecular weight is 496 g/mol. The number of ether oxygens (including phenoxy) is 2. The van der Waals surface area contributed by atoms with Crippen LogP contribution in [0, 0.1) is 0 Å². The van der Waals surface area contributed by atoms with Crippen molar-refractivity contribution in [1.29, 1.82) is 0 Å². The summed E-state index contributed by atoms with van der Waals surface area (Å²) in [5.74, 6) is 0.216. The van der Waals surface area contributed by atoms with Crippen LogP contribution in [0.4, 0.5) is 5.69 Å². The van der Waals surface area contributed by atoms with E-state index < -0.39 is 26.2 Å². The number of rotatable bonds is 8. The zero-order valence-electron chi connectivity index (χ0n) is 16.9. The summed E-state index contributed by atoms with van der Waals surface area (Å²) < 4.78 is 35.6. The lowest BCUT2D eigenvalue weighted by Gasteiger charge is -2.13. The first kappa shape index (κ1) is 23.6. The molecule has 0 bridgehead atoms. The number of H-pyrrole nitrogens is 1. The van der Waals surface area contributed by atoms with Gasteiger partial charge in [-0.2, -0.15) is 0 Å². The van der Waals surface area contributed by atoms with Crippen molar-refractivity contribution in [3.05, 3.63) is 64.0 Å². The molecule has 1 amide bonds. The van der Waals surface area contributed by atoms with Crippen LogP contribution in [-0.2, 0) is 14.6 Å². The Kier molecular flexibility index (Phi) is 7.44. The summed E-state index contributed by atoms with van der Waals surface area (Å²) in [5, 5.41) is 3.04. The smallest absolute Gasteiger partial charge is 0.270 e. The van der Waals surface area contributed by atoms with Gasteiger partial charge < -0.3 is 19.8 Å². The predicted octanol–water partition coefficient (Wildman–Crippen LogP) is 3.00. The molecule has 0 aliphatic carbocycles. The summed E-state index contributed by atoms with van der Waals surface area (Å²) in [4.78, 5) is 30.6. The molecule has 168 valence electrons. The first-order valence-corrected chi connectivity index (χ1v) is 11.8. The number of benzene rings is 2. The second-order valence-corrected chi connectivity index (χ2v) is 9.51. The maximum atomic E-state index is 12.6. The van der Waals surface area contributed by atoms with Gasteiger partial charge in [0.05, 0.1) is 41.8 Å². The molecule has 32 heavy (non-hydrogen) atoms. The Bertz CT molecular complexity index is 1300. The van der Waals surface area contributed by atoms with Crippen LogP contribution in [0.2, 0.25) is 5.02 Å². The van der Waals surface area contributed by atoms with Gasteiger partial charge in [0.25, 0.3) is 5.56 Å². The van der Waals surface area contributed by atoms with Crippen LogP contribution in [-0.4, -0.2) is 44.3 Å². The molecule has 0 aliphatic heterocycles. The van der Waals surface area contributed by atoms with Gasteiger partial charge in [-0.15, -0.1) is 0 Å². The van der Waals surface area contributed by atoms with E-state index in [1.54, 1.807) is 18.2 Å². The van der Waals surface area contributed by atoms with Crippen molar-refractivity contribution < 1.29 is 22.7 Å². The summed E-state index contributed by atoms with van der Waals surface area (Å²) in [5.41, 5.74) is -0.481. The minimum Gasteiger partial charge on any atom is -0.495 e. The van der Waals surface area contributed by atoms with Gasteiger partial charge >= 0.3 is 0 Å². The summed E-state index contributed by atoms with van der Waals surface area (Å²) >= 11 is 7.02. The van der Waals surface area contributed by atoms with Crippen molar-refractivity contribution >= 4 is 44.8 Å². The van der Waals surface area contributed by atoms with Crippen LogP contribution >= 0.6 is 23.4 Å². The quantitative estimate of drug-likeness (QED) is 0.360. The van der Waals surface area contributed by atoms with E-state index in [1.807, 2.05) is 0 Å². The van der Waals surface area contributed by atoms with E-state index >= 15 is 0 Å². The number of aromatic nitrogens is 2. The first-order valence-electron chi connectivity index (χ1n) is 9.00. The Balaban J connectivity index is 1.71. The number of sulfone groups is 1. The minimum absolute atomic E-state index is 0.0146. The largest absolute Gasteiger partial charge is 0.495 e. The lowest BCUT2D eigenvalue weighted by molar-refractivity contribution is -0.113. The van der Waals surface area contributed by atoms with Crippen LogP contribution < -0.4 is 20.3 Å². The third-order valence-electron chi connectivity index (χ3n) is 4.17. The number of nitrogens with zero attached hydrogens (tertiary/aromatic N) is 1. The number of hydrogen-bond donors (Lipinski definition) is 2. The zero-order valence-corrected chi connectivity index (χ0v) is 19.3. The molecule has 0 unspecified atom stereocenters. The van der Waals surface area contributed by atoms with E-state index in [0.717, 1.165) is 18.0 Å². The topological polar surface area (TPSA) is 127 Å². The van der Waals surface area contributed by atoms with Gasteiger partial charge in [0.2, 0.25) is 15.7 Å². The van der Waals surface area contributed by atoms with Crippen LogP contribution in [0.5, 0.6) is 11.5 Å². The Morgan fingerprint density at radius 2 is 1.84 bits per heavy atom. The Hall–Kier alpha value is -3.02. The highest BCUT2D eigenvalue weighted by Gasteiger charge is 2.22. The number of amides is 1. The second-order valence-electron chi connectivity index (χ2n) is 6.22. The van der Waals surface area contributed by atoms with E-state index in [4.69, 9.17) is 21.1 Å². The Labute approximate surface area is 193 Å². The Morgan fingerprint density at radius 1 is 1.16 bits per heavy atom. The first-order chi connectivity index (χ1) is 15.3. The summed E-state index contributed by atoms with van der Waals surface area (Å²) in [6.45, 7) is 0. The maximum absolute atomic E-state index is 12.6. The van der Waals surface area contributed by atoms with Gasteiger partial charge in [-0.1, -0.05) is 41.6 Å². The standard InChI is InChI=1S/C20H18ClN3O6S2/c1-29-15-9-16(30-2)14(8-13(15)21)23-18(25)11-31-20-22-10-17(19(26)24-20)32(27,28)12-6-4-3-5-7-12/h3-10H,11H2,1-2H3,(H,23,25)(H,22,24,26). The van der Waals surface area contributed by atoms with Gasteiger partial charge in [-0.3, -0.25) is 9.59 Å². The van der Waals surface area contributed by atoms with Gasteiger partial charge in [-0.05, 0) is 18.2 Å². The number of carbonyl (C=O) groups excluding carboxylic acids is 1. The van der Waals surface area contributed by atoms with Crippen LogP contribution in [0.15, 0.2) is 68.4 Å². The molecule has 0 spiro atoms. The molecule has 0 saturated carbocycles. The molecule has 12 heteroatoms. The molecular formula is C20H18ClN3O6S2. The SMILES string of the molecule is COc1cc(OC)c(NC(=O)CSc2ncc(S(=O)(=O)c3ccccc3)c(=O)[nH]2)cc1Cl. The second kappa shape index (κ2) is 10.1.